The van der Waals surface area contributed by atoms with Crippen LogP contribution in [0.4, 0.5) is 0 Å². The Kier molecular flexibility index (Phi) is 5.27. The topological polar surface area (TPSA) is 52.6 Å². The molecule has 2 aromatic heterocycles. The predicted molar refractivity (Wildman–Crippen MR) is 100 cm³/mol. The lowest BCUT2D eigenvalue weighted by Crippen LogP contribution is -1.99. The first kappa shape index (κ1) is 17.3. The molecule has 0 unspecified atom stereocenters. The van der Waals surface area contributed by atoms with Gasteiger partial charge < -0.3 is 13.6 Å². The van der Waals surface area contributed by atoms with E-state index in [-0.39, 0.29) is 5.63 Å². The highest BCUT2D eigenvalue weighted by atomic mass is 16.5. The molecule has 0 aliphatic heterocycles. The molecule has 0 amide bonds. The van der Waals surface area contributed by atoms with Crippen LogP contribution in [0.3, 0.4) is 0 Å². The fourth-order valence-electron chi connectivity index (χ4n) is 2.92. The van der Waals surface area contributed by atoms with Crippen LogP contribution < -0.4 is 10.4 Å². The zero-order valence-electron chi connectivity index (χ0n) is 15.0. The molecule has 0 aliphatic rings. The van der Waals surface area contributed by atoms with Gasteiger partial charge in [-0.05, 0) is 43.9 Å². The summed E-state index contributed by atoms with van der Waals surface area (Å²) in [4.78, 5) is 11.5. The molecular weight excluding hydrogens is 316 g/mol. The van der Waals surface area contributed by atoms with Crippen LogP contribution in [0.25, 0.3) is 21.9 Å². The monoisotopic (exact) mass is 340 g/mol. The highest BCUT2D eigenvalue weighted by Gasteiger charge is 2.12. The Bertz CT molecular complexity index is 943. The van der Waals surface area contributed by atoms with E-state index in [1.807, 2.05) is 6.07 Å². The standard InChI is InChI=1S/C21H24O4/c1-14(2)5-4-6-15(3)9-11-24-21-16-7-8-20(22)25-19(16)13-18-17(21)10-12-23-18/h7-10,12-14H,4-6,11H2,1-3H3/b15-9+. The van der Waals surface area contributed by atoms with Crippen molar-refractivity contribution in [1.29, 1.82) is 0 Å². The molecular formula is C21H24O4. The molecule has 0 radical (unpaired) electrons. The fourth-order valence-corrected chi connectivity index (χ4v) is 2.92. The van der Waals surface area contributed by atoms with E-state index in [0.29, 0.717) is 23.5 Å². The third-order valence-electron chi connectivity index (χ3n) is 4.32. The number of hydrogen-bond donors (Lipinski definition) is 0. The van der Waals surface area contributed by atoms with Crippen molar-refractivity contribution in [2.24, 2.45) is 5.92 Å². The first-order chi connectivity index (χ1) is 12.0. The van der Waals surface area contributed by atoms with Crippen molar-refractivity contribution >= 4 is 21.9 Å². The van der Waals surface area contributed by atoms with Crippen molar-refractivity contribution < 1.29 is 13.6 Å². The van der Waals surface area contributed by atoms with E-state index < -0.39 is 0 Å². The summed E-state index contributed by atoms with van der Waals surface area (Å²) in [5.74, 6) is 1.43. The molecule has 4 heteroatoms. The van der Waals surface area contributed by atoms with E-state index in [1.54, 1.807) is 18.4 Å². The minimum Gasteiger partial charge on any atom is -0.488 e. The van der Waals surface area contributed by atoms with Crippen LogP contribution in [0.15, 0.2) is 55.8 Å². The number of rotatable bonds is 7. The zero-order chi connectivity index (χ0) is 17.8. The van der Waals surface area contributed by atoms with Crippen molar-refractivity contribution in [1.82, 2.24) is 0 Å². The summed E-state index contributed by atoms with van der Waals surface area (Å²) in [6, 6.07) is 6.75. The third-order valence-corrected chi connectivity index (χ3v) is 4.32. The van der Waals surface area contributed by atoms with Gasteiger partial charge in [-0.2, -0.15) is 0 Å². The number of hydrogen-bond acceptors (Lipinski definition) is 4. The third kappa shape index (κ3) is 4.13. The molecule has 3 rings (SSSR count). The summed E-state index contributed by atoms with van der Waals surface area (Å²) in [5.41, 5.74) is 2.07. The molecule has 0 atom stereocenters. The SMILES string of the molecule is C/C(=C\COc1c2ccoc2cc2oc(=O)ccc12)CCCC(C)C. The van der Waals surface area contributed by atoms with Gasteiger partial charge in [-0.1, -0.05) is 25.8 Å². The van der Waals surface area contributed by atoms with E-state index in [4.69, 9.17) is 13.6 Å². The average molecular weight is 340 g/mol. The quantitative estimate of drug-likeness (QED) is 0.409. The lowest BCUT2D eigenvalue weighted by Gasteiger charge is -2.09. The van der Waals surface area contributed by atoms with Gasteiger partial charge in [0, 0.05) is 12.1 Å². The van der Waals surface area contributed by atoms with Gasteiger partial charge in [0.05, 0.1) is 17.0 Å². The number of ether oxygens (including phenoxy) is 1. The molecule has 4 nitrogen and oxygen atoms in total. The van der Waals surface area contributed by atoms with Crippen LogP contribution in [-0.2, 0) is 0 Å². The van der Waals surface area contributed by atoms with E-state index in [1.165, 1.54) is 24.5 Å². The molecule has 3 aromatic rings. The van der Waals surface area contributed by atoms with E-state index in [0.717, 1.165) is 23.1 Å². The minimum absolute atomic E-state index is 0.384. The van der Waals surface area contributed by atoms with Gasteiger partial charge in [-0.25, -0.2) is 4.79 Å². The molecule has 0 bridgehead atoms. The van der Waals surface area contributed by atoms with Gasteiger partial charge in [0.1, 0.15) is 23.5 Å². The largest absolute Gasteiger partial charge is 0.488 e. The Balaban J connectivity index is 1.80. The highest BCUT2D eigenvalue weighted by Crippen LogP contribution is 2.35. The maximum atomic E-state index is 11.5. The maximum absolute atomic E-state index is 11.5. The molecule has 0 saturated carbocycles. The van der Waals surface area contributed by atoms with Gasteiger partial charge in [-0.15, -0.1) is 0 Å². The molecule has 2 heterocycles. The van der Waals surface area contributed by atoms with Gasteiger partial charge in [0.15, 0.2) is 0 Å². The molecule has 0 fully saturated rings. The minimum atomic E-state index is -0.384. The van der Waals surface area contributed by atoms with Crippen LogP contribution in [0, 0.1) is 5.92 Å². The Morgan fingerprint density at radius 3 is 2.80 bits per heavy atom. The van der Waals surface area contributed by atoms with Gasteiger partial charge >= 0.3 is 5.63 Å². The van der Waals surface area contributed by atoms with Crippen molar-refractivity contribution in [3.05, 3.63) is 52.6 Å². The zero-order valence-corrected chi connectivity index (χ0v) is 15.0. The molecule has 0 N–H and O–H groups in total. The lowest BCUT2D eigenvalue weighted by molar-refractivity contribution is 0.369. The fraction of sp³-hybridized carbons (Fsp3) is 0.381. The Morgan fingerprint density at radius 1 is 1.20 bits per heavy atom. The van der Waals surface area contributed by atoms with Crippen molar-refractivity contribution in [3.63, 3.8) is 0 Å². The molecule has 132 valence electrons. The Hall–Kier alpha value is -2.49. The molecule has 0 aliphatic carbocycles. The highest BCUT2D eigenvalue weighted by molar-refractivity contribution is 6.01. The number of allylic oxidation sites excluding steroid dienone is 1. The van der Waals surface area contributed by atoms with Crippen LogP contribution >= 0.6 is 0 Å². The van der Waals surface area contributed by atoms with E-state index in [2.05, 4.69) is 26.8 Å². The van der Waals surface area contributed by atoms with Crippen molar-refractivity contribution in [2.45, 2.75) is 40.0 Å². The summed E-state index contributed by atoms with van der Waals surface area (Å²) in [7, 11) is 0. The number of furan rings is 1. The number of fused-ring (bicyclic) bond motifs is 2. The first-order valence-corrected chi connectivity index (χ1v) is 8.77. The first-order valence-electron chi connectivity index (χ1n) is 8.77. The molecule has 0 saturated heterocycles. The van der Waals surface area contributed by atoms with Crippen molar-refractivity contribution in [2.75, 3.05) is 6.61 Å². The average Bonchev–Trinajstić information content (AvgIpc) is 3.01. The van der Waals surface area contributed by atoms with E-state index >= 15 is 0 Å². The van der Waals surface area contributed by atoms with E-state index in [9.17, 15) is 4.79 Å². The summed E-state index contributed by atoms with van der Waals surface area (Å²) in [6.07, 6.45) is 7.26. The van der Waals surface area contributed by atoms with Gasteiger partial charge in [0.25, 0.3) is 0 Å². The van der Waals surface area contributed by atoms with Crippen molar-refractivity contribution in [3.8, 4) is 5.75 Å². The Morgan fingerprint density at radius 2 is 2.00 bits per heavy atom. The van der Waals surface area contributed by atoms with Crippen LogP contribution in [-0.4, -0.2) is 6.61 Å². The van der Waals surface area contributed by atoms with Gasteiger partial charge in [0.2, 0.25) is 0 Å². The second-order valence-corrected chi connectivity index (χ2v) is 6.85. The Labute approximate surface area is 147 Å². The summed E-state index contributed by atoms with van der Waals surface area (Å²) < 4.78 is 16.8. The summed E-state index contributed by atoms with van der Waals surface area (Å²) in [5, 5.41) is 1.66. The number of benzene rings is 1. The normalized spacial score (nSPS) is 12.4. The maximum Gasteiger partial charge on any atom is 0.336 e. The summed E-state index contributed by atoms with van der Waals surface area (Å²) in [6.45, 7) is 7.11. The summed E-state index contributed by atoms with van der Waals surface area (Å²) >= 11 is 0. The second kappa shape index (κ2) is 7.60. The second-order valence-electron chi connectivity index (χ2n) is 6.85. The van der Waals surface area contributed by atoms with Crippen LogP contribution in [0.1, 0.15) is 40.0 Å². The van der Waals surface area contributed by atoms with Crippen LogP contribution in [0.5, 0.6) is 5.75 Å². The molecule has 0 spiro atoms. The molecule has 1 aromatic carbocycles. The lowest BCUT2D eigenvalue weighted by atomic mass is 10.0. The van der Waals surface area contributed by atoms with Crippen LogP contribution in [0.2, 0.25) is 0 Å². The smallest absolute Gasteiger partial charge is 0.336 e. The van der Waals surface area contributed by atoms with Gasteiger partial charge in [-0.3, -0.25) is 0 Å². The predicted octanol–water partition coefficient (Wildman–Crippen LogP) is 5.69. The molecule has 25 heavy (non-hydrogen) atoms.